The van der Waals surface area contributed by atoms with Gasteiger partial charge in [0.1, 0.15) is 5.78 Å². The lowest BCUT2D eigenvalue weighted by Gasteiger charge is -2.40. The zero-order valence-electron chi connectivity index (χ0n) is 15.3. The number of hydrogen-bond acceptors (Lipinski definition) is 1. The van der Waals surface area contributed by atoms with Crippen molar-refractivity contribution in [2.45, 2.75) is 57.8 Å². The number of aryl methyl sites for hydroxylation is 1. The summed E-state index contributed by atoms with van der Waals surface area (Å²) < 4.78 is 0. The molecule has 1 fully saturated rings. The van der Waals surface area contributed by atoms with E-state index in [1.54, 1.807) is 0 Å². The Morgan fingerprint density at radius 3 is 2.80 bits per heavy atom. The Bertz CT molecular complexity index is 917. The van der Waals surface area contributed by atoms with Gasteiger partial charge in [-0.1, -0.05) is 49.8 Å². The van der Waals surface area contributed by atoms with Gasteiger partial charge in [-0.2, -0.15) is 0 Å². The van der Waals surface area contributed by atoms with Crippen LogP contribution in [0.2, 0.25) is 0 Å². The summed E-state index contributed by atoms with van der Waals surface area (Å²) in [7, 11) is 0. The largest absolute Gasteiger partial charge is 0.299 e. The number of carbonyl (C=O) groups is 1. The van der Waals surface area contributed by atoms with Crippen molar-refractivity contribution in [2.24, 2.45) is 11.8 Å². The van der Waals surface area contributed by atoms with E-state index in [0.717, 1.165) is 38.5 Å². The number of rotatable bonds is 2. The van der Waals surface area contributed by atoms with Crippen LogP contribution in [0.5, 0.6) is 0 Å². The van der Waals surface area contributed by atoms with Gasteiger partial charge < -0.3 is 0 Å². The van der Waals surface area contributed by atoms with Gasteiger partial charge in [0.15, 0.2) is 0 Å². The normalized spacial score (nSPS) is 27.4. The number of benzene rings is 2. The van der Waals surface area contributed by atoms with Gasteiger partial charge in [0, 0.05) is 6.42 Å². The molecule has 0 N–H and O–H groups in total. The Morgan fingerprint density at radius 1 is 1.20 bits per heavy atom. The Balaban J connectivity index is 1.72. The molecular weight excluding hydrogens is 304 g/mol. The molecule has 2 atom stereocenters. The topological polar surface area (TPSA) is 17.1 Å². The first-order valence-corrected chi connectivity index (χ1v) is 9.84. The monoisotopic (exact) mass is 330 g/mol. The SMILES string of the molecule is CC(C)Cc1cccc2cc3c(cc12)CCC(=O)C31CC2=CCC1C2. The molecule has 5 rings (SSSR count). The minimum atomic E-state index is -0.195. The summed E-state index contributed by atoms with van der Waals surface area (Å²) >= 11 is 0. The average Bonchev–Trinajstić information content (AvgIpc) is 3.19. The predicted molar refractivity (Wildman–Crippen MR) is 103 cm³/mol. The second-order valence-electron chi connectivity index (χ2n) is 8.82. The van der Waals surface area contributed by atoms with E-state index in [2.05, 4.69) is 50.3 Å². The maximum Gasteiger partial charge on any atom is 0.144 e. The summed E-state index contributed by atoms with van der Waals surface area (Å²) in [6.45, 7) is 4.57. The highest BCUT2D eigenvalue weighted by molar-refractivity contribution is 5.97. The van der Waals surface area contributed by atoms with Crippen LogP contribution in [0, 0.1) is 11.8 Å². The van der Waals surface area contributed by atoms with E-state index in [0.29, 0.717) is 17.6 Å². The van der Waals surface area contributed by atoms with E-state index >= 15 is 0 Å². The van der Waals surface area contributed by atoms with E-state index in [9.17, 15) is 4.79 Å². The predicted octanol–water partition coefficient (Wildman–Crippen LogP) is 5.53. The summed E-state index contributed by atoms with van der Waals surface area (Å²) in [5.74, 6) is 1.68. The van der Waals surface area contributed by atoms with Crippen LogP contribution >= 0.6 is 0 Å². The number of Topliss-reactive ketones (excluding diaryl/α,β-unsaturated/α-hetero) is 1. The molecule has 2 aromatic rings. The van der Waals surface area contributed by atoms with E-state index in [-0.39, 0.29) is 5.41 Å². The Morgan fingerprint density at radius 2 is 2.08 bits per heavy atom. The molecule has 2 aromatic carbocycles. The highest BCUT2D eigenvalue weighted by Gasteiger charge is 2.55. The number of ketones is 1. The second-order valence-corrected chi connectivity index (χ2v) is 8.82. The molecule has 3 aliphatic carbocycles. The fourth-order valence-electron chi connectivity index (χ4n) is 5.75. The summed E-state index contributed by atoms with van der Waals surface area (Å²) in [6, 6.07) is 11.5. The van der Waals surface area contributed by atoms with Crippen LogP contribution in [-0.4, -0.2) is 5.78 Å². The molecule has 0 heterocycles. The molecule has 2 unspecified atom stereocenters. The summed E-state index contributed by atoms with van der Waals surface area (Å²) in [6.07, 6.45) is 8.40. The van der Waals surface area contributed by atoms with E-state index in [1.165, 1.54) is 33.0 Å². The minimum absolute atomic E-state index is 0.195. The molecule has 3 aliphatic rings. The lowest BCUT2D eigenvalue weighted by Crippen LogP contribution is -2.43. The highest BCUT2D eigenvalue weighted by atomic mass is 16.1. The fraction of sp³-hybridized carbons (Fsp3) is 0.458. The molecule has 0 radical (unpaired) electrons. The molecule has 0 amide bonds. The van der Waals surface area contributed by atoms with Gasteiger partial charge in [0.2, 0.25) is 0 Å². The van der Waals surface area contributed by atoms with Crippen molar-refractivity contribution in [1.29, 1.82) is 0 Å². The smallest absolute Gasteiger partial charge is 0.144 e. The van der Waals surface area contributed by atoms with Gasteiger partial charge in [-0.3, -0.25) is 4.79 Å². The van der Waals surface area contributed by atoms with Crippen LogP contribution in [0.1, 0.15) is 56.2 Å². The van der Waals surface area contributed by atoms with Crippen molar-refractivity contribution in [2.75, 3.05) is 0 Å². The van der Waals surface area contributed by atoms with Crippen molar-refractivity contribution in [1.82, 2.24) is 0 Å². The van der Waals surface area contributed by atoms with Crippen LogP contribution < -0.4 is 0 Å². The van der Waals surface area contributed by atoms with Gasteiger partial charge in [0.25, 0.3) is 0 Å². The van der Waals surface area contributed by atoms with Gasteiger partial charge in [0.05, 0.1) is 5.41 Å². The van der Waals surface area contributed by atoms with Crippen LogP contribution in [0.4, 0.5) is 0 Å². The van der Waals surface area contributed by atoms with Crippen LogP contribution in [0.15, 0.2) is 42.0 Å². The molecule has 1 nitrogen and oxygen atoms in total. The zero-order chi connectivity index (χ0) is 17.2. The molecule has 2 bridgehead atoms. The van der Waals surface area contributed by atoms with Crippen molar-refractivity contribution < 1.29 is 4.79 Å². The van der Waals surface area contributed by atoms with Crippen molar-refractivity contribution in [3.05, 3.63) is 58.7 Å². The summed E-state index contributed by atoms with van der Waals surface area (Å²) in [4.78, 5) is 13.1. The minimum Gasteiger partial charge on any atom is -0.299 e. The Kier molecular flexibility index (Phi) is 3.26. The Labute approximate surface area is 150 Å². The zero-order valence-corrected chi connectivity index (χ0v) is 15.3. The van der Waals surface area contributed by atoms with Crippen LogP contribution in [-0.2, 0) is 23.1 Å². The van der Waals surface area contributed by atoms with E-state index in [4.69, 9.17) is 0 Å². The first kappa shape index (κ1) is 15.4. The van der Waals surface area contributed by atoms with Gasteiger partial charge >= 0.3 is 0 Å². The van der Waals surface area contributed by atoms with Crippen LogP contribution in [0.3, 0.4) is 0 Å². The first-order chi connectivity index (χ1) is 12.1. The number of allylic oxidation sites excluding steroid dienone is 2. The molecular formula is C24H26O. The molecule has 128 valence electrons. The van der Waals surface area contributed by atoms with Crippen molar-refractivity contribution in [3.8, 4) is 0 Å². The van der Waals surface area contributed by atoms with Crippen LogP contribution in [0.25, 0.3) is 10.8 Å². The third-order valence-electron chi connectivity index (χ3n) is 6.82. The van der Waals surface area contributed by atoms with E-state index < -0.39 is 0 Å². The molecule has 1 spiro atoms. The molecule has 0 saturated heterocycles. The summed E-state index contributed by atoms with van der Waals surface area (Å²) in [5, 5.41) is 2.73. The average molecular weight is 330 g/mol. The van der Waals surface area contributed by atoms with Gasteiger partial charge in [-0.05, 0) is 77.5 Å². The number of carbonyl (C=O) groups excluding carboxylic acids is 1. The standard InChI is InChI=1S/C24H26O/c1-15(2)10-17-4-3-5-18-13-22-19(12-21(17)18)7-9-23(25)24(22)14-16-6-8-20(24)11-16/h3-6,12-13,15,20H,7-11,14H2,1-2H3. The molecule has 1 saturated carbocycles. The quantitative estimate of drug-likeness (QED) is 0.662. The number of hydrogen-bond donors (Lipinski definition) is 0. The fourth-order valence-corrected chi connectivity index (χ4v) is 5.75. The van der Waals surface area contributed by atoms with E-state index in [1.807, 2.05) is 0 Å². The molecule has 0 aromatic heterocycles. The third-order valence-corrected chi connectivity index (χ3v) is 6.82. The lowest BCUT2D eigenvalue weighted by molar-refractivity contribution is -0.126. The lowest BCUT2D eigenvalue weighted by atomic mass is 9.61. The maximum absolute atomic E-state index is 13.1. The number of fused-ring (bicyclic) bond motifs is 6. The summed E-state index contributed by atoms with van der Waals surface area (Å²) in [5.41, 5.74) is 5.60. The molecule has 25 heavy (non-hydrogen) atoms. The van der Waals surface area contributed by atoms with Gasteiger partial charge in [-0.25, -0.2) is 0 Å². The maximum atomic E-state index is 13.1. The Hall–Kier alpha value is -1.89. The second kappa shape index (κ2) is 5.30. The molecule has 1 heteroatoms. The van der Waals surface area contributed by atoms with Crippen molar-refractivity contribution >= 4 is 16.6 Å². The highest BCUT2D eigenvalue weighted by Crippen LogP contribution is 2.57. The first-order valence-electron chi connectivity index (χ1n) is 9.84. The van der Waals surface area contributed by atoms with Crippen molar-refractivity contribution in [3.63, 3.8) is 0 Å². The third kappa shape index (κ3) is 2.11. The van der Waals surface area contributed by atoms with Gasteiger partial charge in [-0.15, -0.1) is 0 Å². The molecule has 0 aliphatic heterocycles.